The topological polar surface area (TPSA) is 60.7 Å². The van der Waals surface area contributed by atoms with E-state index in [2.05, 4.69) is 12.8 Å². The molecule has 0 spiro atoms. The van der Waals surface area contributed by atoms with E-state index in [1.165, 1.54) is 5.56 Å². The smallest absolute Gasteiger partial charge is 0.131 e. The fraction of sp³-hybridized carbons (Fsp3) is 0.619. The van der Waals surface area contributed by atoms with Gasteiger partial charge in [0.1, 0.15) is 11.4 Å². The van der Waals surface area contributed by atoms with Crippen LogP contribution in [0.1, 0.15) is 68.6 Å². The van der Waals surface area contributed by atoms with Gasteiger partial charge in [0.15, 0.2) is 0 Å². The predicted molar refractivity (Wildman–Crippen MR) is 92.4 cm³/mol. The first-order chi connectivity index (χ1) is 11.5. The van der Waals surface area contributed by atoms with Gasteiger partial charge in [-0.15, -0.1) is 6.42 Å². The van der Waals surface area contributed by atoms with E-state index in [9.17, 15) is 15.3 Å². The standard InChI is InChI=1S/C21H26O3/c1-3-20-9-7-15-14-6-5-13(22)11-17(14)19(23)12-16(15)18(20)8-10-21(20,24)4-2/h2,5-6,11,15-16,18-19,22-24H,3,7-10,12H2,1H3/t15-,16-,18+,19+,20+,21+/m1/s1. The SMILES string of the molecule is C#C[C@]1(O)CC[C@H]2[C@@H]3C[C@H](O)c4cc(O)ccc4[C@H]3CC[C@@]21CC. The van der Waals surface area contributed by atoms with Crippen LogP contribution in [-0.2, 0) is 0 Å². The molecule has 3 N–H and O–H groups in total. The fourth-order valence-corrected chi connectivity index (χ4v) is 6.36. The Morgan fingerprint density at radius 2 is 2.04 bits per heavy atom. The summed E-state index contributed by atoms with van der Waals surface area (Å²) in [5.74, 6) is 4.05. The van der Waals surface area contributed by atoms with E-state index in [1.807, 2.05) is 6.07 Å². The number of benzene rings is 1. The van der Waals surface area contributed by atoms with Gasteiger partial charge in [0.05, 0.1) is 6.10 Å². The van der Waals surface area contributed by atoms with Gasteiger partial charge in [-0.1, -0.05) is 18.9 Å². The van der Waals surface area contributed by atoms with Gasteiger partial charge in [0.25, 0.3) is 0 Å². The molecule has 0 amide bonds. The largest absolute Gasteiger partial charge is 0.508 e. The molecule has 1 aromatic rings. The van der Waals surface area contributed by atoms with E-state index in [0.29, 0.717) is 30.6 Å². The molecule has 3 heteroatoms. The maximum Gasteiger partial charge on any atom is 0.131 e. The third-order valence-electron chi connectivity index (χ3n) is 7.48. The second kappa shape index (κ2) is 5.25. The highest BCUT2D eigenvalue weighted by molar-refractivity contribution is 5.42. The van der Waals surface area contributed by atoms with Gasteiger partial charge in [0.2, 0.25) is 0 Å². The monoisotopic (exact) mass is 326 g/mol. The second-order valence-corrected chi connectivity index (χ2v) is 8.03. The molecule has 3 nitrogen and oxygen atoms in total. The minimum absolute atomic E-state index is 0.211. The van der Waals surface area contributed by atoms with Crippen LogP contribution in [0.2, 0.25) is 0 Å². The Morgan fingerprint density at radius 1 is 1.25 bits per heavy atom. The molecule has 0 bridgehead atoms. The van der Waals surface area contributed by atoms with Crippen LogP contribution in [-0.4, -0.2) is 20.9 Å². The van der Waals surface area contributed by atoms with E-state index in [0.717, 1.165) is 31.2 Å². The van der Waals surface area contributed by atoms with Crippen LogP contribution < -0.4 is 0 Å². The number of terminal acetylenes is 1. The van der Waals surface area contributed by atoms with Gasteiger partial charge in [0, 0.05) is 5.41 Å². The molecule has 128 valence electrons. The third-order valence-corrected chi connectivity index (χ3v) is 7.48. The van der Waals surface area contributed by atoms with Crippen LogP contribution in [0.4, 0.5) is 0 Å². The molecule has 0 heterocycles. The molecule has 0 aromatic heterocycles. The first-order valence-corrected chi connectivity index (χ1v) is 9.17. The number of aliphatic hydroxyl groups excluding tert-OH is 1. The summed E-state index contributed by atoms with van der Waals surface area (Å²) in [7, 11) is 0. The molecule has 2 saturated carbocycles. The van der Waals surface area contributed by atoms with Crippen molar-refractivity contribution in [3.63, 3.8) is 0 Å². The molecule has 0 aliphatic heterocycles. The molecule has 1 aromatic carbocycles. The number of phenolic OH excluding ortho intramolecular Hbond substituents is 1. The van der Waals surface area contributed by atoms with Crippen molar-refractivity contribution in [2.24, 2.45) is 17.3 Å². The normalized spacial score (nSPS) is 43.4. The molecule has 6 atom stereocenters. The minimum atomic E-state index is -1.00. The molecule has 3 aliphatic carbocycles. The minimum Gasteiger partial charge on any atom is -0.508 e. The molecular formula is C21H26O3. The Kier molecular flexibility index (Phi) is 3.50. The van der Waals surface area contributed by atoms with E-state index in [4.69, 9.17) is 6.42 Å². The van der Waals surface area contributed by atoms with Crippen LogP contribution in [0.25, 0.3) is 0 Å². The van der Waals surface area contributed by atoms with Crippen molar-refractivity contribution >= 4 is 0 Å². The molecule has 4 rings (SSSR count). The van der Waals surface area contributed by atoms with E-state index < -0.39 is 11.7 Å². The molecular weight excluding hydrogens is 300 g/mol. The molecule has 0 saturated heterocycles. The van der Waals surface area contributed by atoms with Crippen LogP contribution in [0.3, 0.4) is 0 Å². The quantitative estimate of drug-likeness (QED) is 0.692. The average Bonchev–Trinajstić information content (AvgIpc) is 2.89. The van der Waals surface area contributed by atoms with Crippen molar-refractivity contribution in [1.29, 1.82) is 0 Å². The maximum absolute atomic E-state index is 11.1. The lowest BCUT2D eigenvalue weighted by molar-refractivity contribution is -0.0872. The van der Waals surface area contributed by atoms with Gasteiger partial charge in [-0.25, -0.2) is 0 Å². The zero-order valence-electron chi connectivity index (χ0n) is 14.2. The average molecular weight is 326 g/mol. The van der Waals surface area contributed by atoms with Crippen LogP contribution in [0.5, 0.6) is 5.75 Å². The molecule has 0 radical (unpaired) electrons. The molecule has 3 aliphatic rings. The van der Waals surface area contributed by atoms with Gasteiger partial charge in [-0.3, -0.25) is 0 Å². The highest BCUT2D eigenvalue weighted by Crippen LogP contribution is 2.66. The van der Waals surface area contributed by atoms with Crippen molar-refractivity contribution in [2.45, 2.75) is 63.1 Å². The summed E-state index contributed by atoms with van der Waals surface area (Å²) in [5, 5.41) is 31.5. The van der Waals surface area contributed by atoms with Gasteiger partial charge >= 0.3 is 0 Å². The lowest BCUT2D eigenvalue weighted by Crippen LogP contribution is -2.51. The predicted octanol–water partition coefficient (Wildman–Crippen LogP) is 3.49. The molecule has 2 fully saturated rings. The van der Waals surface area contributed by atoms with E-state index in [1.54, 1.807) is 12.1 Å². The Morgan fingerprint density at radius 3 is 2.75 bits per heavy atom. The maximum atomic E-state index is 11.1. The number of fused-ring (bicyclic) bond motifs is 5. The van der Waals surface area contributed by atoms with Crippen molar-refractivity contribution in [1.82, 2.24) is 0 Å². The summed E-state index contributed by atoms with van der Waals surface area (Å²) in [6, 6.07) is 5.42. The molecule has 24 heavy (non-hydrogen) atoms. The van der Waals surface area contributed by atoms with Gasteiger partial charge in [-0.05, 0) is 79.5 Å². The fourth-order valence-electron chi connectivity index (χ4n) is 6.36. The Labute approximate surface area is 143 Å². The van der Waals surface area contributed by atoms with E-state index >= 15 is 0 Å². The highest BCUT2D eigenvalue weighted by Gasteiger charge is 2.63. The highest BCUT2D eigenvalue weighted by atomic mass is 16.3. The Hall–Kier alpha value is -1.50. The summed E-state index contributed by atoms with van der Waals surface area (Å²) in [6.07, 6.45) is 10.3. The number of aromatic hydroxyl groups is 1. The third kappa shape index (κ3) is 1.87. The molecule has 0 unspecified atom stereocenters. The van der Waals surface area contributed by atoms with Crippen LogP contribution in [0, 0.1) is 29.6 Å². The number of aliphatic hydroxyl groups is 2. The zero-order valence-corrected chi connectivity index (χ0v) is 14.2. The number of rotatable bonds is 1. The summed E-state index contributed by atoms with van der Waals surface area (Å²) in [5.41, 5.74) is 0.845. The van der Waals surface area contributed by atoms with Gasteiger partial charge in [-0.2, -0.15) is 0 Å². The second-order valence-electron chi connectivity index (χ2n) is 8.03. The number of hydrogen-bond donors (Lipinski definition) is 3. The lowest BCUT2D eigenvalue weighted by Gasteiger charge is -2.54. The van der Waals surface area contributed by atoms with Crippen LogP contribution in [0.15, 0.2) is 18.2 Å². The zero-order chi connectivity index (χ0) is 17.1. The Balaban J connectivity index is 1.77. The van der Waals surface area contributed by atoms with Crippen molar-refractivity contribution in [3.8, 4) is 18.1 Å². The van der Waals surface area contributed by atoms with E-state index in [-0.39, 0.29) is 11.2 Å². The van der Waals surface area contributed by atoms with Crippen molar-refractivity contribution < 1.29 is 15.3 Å². The van der Waals surface area contributed by atoms with Crippen molar-refractivity contribution in [2.75, 3.05) is 0 Å². The van der Waals surface area contributed by atoms with Crippen LogP contribution >= 0.6 is 0 Å². The summed E-state index contributed by atoms with van der Waals surface area (Å²) < 4.78 is 0. The summed E-state index contributed by atoms with van der Waals surface area (Å²) in [6.45, 7) is 2.15. The first-order valence-electron chi connectivity index (χ1n) is 9.17. The number of hydrogen-bond acceptors (Lipinski definition) is 3. The Bertz CT molecular complexity index is 706. The first kappa shape index (κ1) is 16.0. The summed E-state index contributed by atoms with van der Waals surface area (Å²) in [4.78, 5) is 0. The lowest BCUT2D eigenvalue weighted by atomic mass is 9.51. The number of phenols is 1. The summed E-state index contributed by atoms with van der Waals surface area (Å²) >= 11 is 0. The van der Waals surface area contributed by atoms with Gasteiger partial charge < -0.3 is 15.3 Å². The van der Waals surface area contributed by atoms with Crippen molar-refractivity contribution in [3.05, 3.63) is 29.3 Å².